The lowest BCUT2D eigenvalue weighted by atomic mass is 10.2. The van der Waals surface area contributed by atoms with Crippen molar-refractivity contribution in [1.29, 1.82) is 0 Å². The molecule has 1 aromatic carbocycles. The predicted molar refractivity (Wildman–Crippen MR) is 63.1 cm³/mol. The first kappa shape index (κ1) is 10.2. The monoisotopic (exact) mass is 220 g/mol. The Morgan fingerprint density at radius 2 is 1.87 bits per heavy atom. The molecule has 15 heavy (non-hydrogen) atoms. The van der Waals surface area contributed by atoms with Crippen LogP contribution in [0.25, 0.3) is 11.4 Å². The van der Waals surface area contributed by atoms with Gasteiger partial charge in [-0.3, -0.25) is 0 Å². The summed E-state index contributed by atoms with van der Waals surface area (Å²) in [4.78, 5) is 4.36. The van der Waals surface area contributed by atoms with Gasteiger partial charge in [-0.2, -0.15) is 0 Å². The standard InChI is InChI=1S/C12H13ClN2/c1-9(2)15-8-7-14-12(15)10-3-5-11(13)6-4-10/h3-9H,1-2H3. The maximum Gasteiger partial charge on any atom is 0.140 e. The smallest absolute Gasteiger partial charge is 0.140 e. The van der Waals surface area contributed by atoms with Crippen LogP contribution in [0.3, 0.4) is 0 Å². The van der Waals surface area contributed by atoms with Crippen LogP contribution in [-0.4, -0.2) is 9.55 Å². The third kappa shape index (κ3) is 2.05. The number of rotatable bonds is 2. The molecule has 0 fully saturated rings. The van der Waals surface area contributed by atoms with E-state index in [9.17, 15) is 0 Å². The van der Waals surface area contributed by atoms with Gasteiger partial charge in [0.05, 0.1) is 0 Å². The lowest BCUT2D eigenvalue weighted by molar-refractivity contribution is 0.606. The van der Waals surface area contributed by atoms with E-state index in [2.05, 4.69) is 23.4 Å². The van der Waals surface area contributed by atoms with Crippen LogP contribution in [0.2, 0.25) is 5.02 Å². The first-order valence-electron chi connectivity index (χ1n) is 4.97. The molecule has 0 saturated heterocycles. The van der Waals surface area contributed by atoms with Gasteiger partial charge in [-0.1, -0.05) is 11.6 Å². The summed E-state index contributed by atoms with van der Waals surface area (Å²) in [5.74, 6) is 0.988. The van der Waals surface area contributed by atoms with Crippen molar-refractivity contribution in [3.63, 3.8) is 0 Å². The molecule has 0 radical (unpaired) electrons. The van der Waals surface area contributed by atoms with Crippen LogP contribution < -0.4 is 0 Å². The van der Waals surface area contributed by atoms with E-state index in [0.717, 1.165) is 16.4 Å². The van der Waals surface area contributed by atoms with E-state index in [1.165, 1.54) is 0 Å². The van der Waals surface area contributed by atoms with Crippen LogP contribution in [0.4, 0.5) is 0 Å². The van der Waals surface area contributed by atoms with Crippen molar-refractivity contribution >= 4 is 11.6 Å². The second-order valence-electron chi connectivity index (χ2n) is 3.76. The molecule has 1 aromatic heterocycles. The molecule has 0 N–H and O–H groups in total. The molecule has 1 heterocycles. The zero-order chi connectivity index (χ0) is 10.8. The minimum Gasteiger partial charge on any atom is -0.328 e. The van der Waals surface area contributed by atoms with Crippen LogP contribution in [0.1, 0.15) is 19.9 Å². The highest BCUT2D eigenvalue weighted by atomic mass is 35.5. The van der Waals surface area contributed by atoms with Gasteiger partial charge in [0.2, 0.25) is 0 Å². The van der Waals surface area contributed by atoms with Crippen LogP contribution in [0.5, 0.6) is 0 Å². The minimum absolute atomic E-state index is 0.415. The van der Waals surface area contributed by atoms with E-state index in [-0.39, 0.29) is 0 Å². The Kier molecular flexibility index (Phi) is 2.78. The van der Waals surface area contributed by atoms with Crippen molar-refractivity contribution in [2.45, 2.75) is 19.9 Å². The number of benzene rings is 1. The molecule has 78 valence electrons. The molecule has 2 nitrogen and oxygen atoms in total. The Hall–Kier alpha value is -1.28. The molecule has 2 aromatic rings. The summed E-state index contributed by atoms with van der Waals surface area (Å²) >= 11 is 5.85. The lowest BCUT2D eigenvalue weighted by Gasteiger charge is -2.11. The van der Waals surface area contributed by atoms with Gasteiger partial charge in [-0.15, -0.1) is 0 Å². The second-order valence-corrected chi connectivity index (χ2v) is 4.20. The van der Waals surface area contributed by atoms with E-state index in [1.54, 1.807) is 0 Å². The van der Waals surface area contributed by atoms with E-state index < -0.39 is 0 Å². The maximum atomic E-state index is 5.85. The van der Waals surface area contributed by atoms with Gasteiger partial charge >= 0.3 is 0 Å². The van der Waals surface area contributed by atoms with E-state index in [1.807, 2.05) is 36.7 Å². The third-order valence-corrected chi connectivity index (χ3v) is 2.58. The van der Waals surface area contributed by atoms with Crippen molar-refractivity contribution in [3.05, 3.63) is 41.7 Å². The number of aromatic nitrogens is 2. The van der Waals surface area contributed by atoms with Crippen molar-refractivity contribution in [2.24, 2.45) is 0 Å². The Bertz CT molecular complexity index is 443. The number of hydrogen-bond donors (Lipinski definition) is 0. The SMILES string of the molecule is CC(C)n1ccnc1-c1ccc(Cl)cc1. The Morgan fingerprint density at radius 1 is 1.20 bits per heavy atom. The fraction of sp³-hybridized carbons (Fsp3) is 0.250. The van der Waals surface area contributed by atoms with Crippen molar-refractivity contribution in [3.8, 4) is 11.4 Å². The van der Waals surface area contributed by atoms with Gasteiger partial charge in [0.1, 0.15) is 5.82 Å². The molecular formula is C12H13ClN2. The van der Waals surface area contributed by atoms with Gasteiger partial charge < -0.3 is 4.57 Å². The summed E-state index contributed by atoms with van der Waals surface area (Å²) in [6, 6.07) is 8.16. The molecule has 3 heteroatoms. The molecule has 0 saturated carbocycles. The van der Waals surface area contributed by atoms with Crippen molar-refractivity contribution in [1.82, 2.24) is 9.55 Å². The number of imidazole rings is 1. The summed E-state index contributed by atoms with van der Waals surface area (Å²) in [7, 11) is 0. The average molecular weight is 221 g/mol. The summed E-state index contributed by atoms with van der Waals surface area (Å²) in [6.45, 7) is 4.28. The fourth-order valence-corrected chi connectivity index (χ4v) is 1.68. The Labute approximate surface area is 94.5 Å². The molecular weight excluding hydrogens is 208 g/mol. The van der Waals surface area contributed by atoms with Gasteiger partial charge in [0.15, 0.2) is 0 Å². The summed E-state index contributed by atoms with van der Waals surface area (Å²) in [6.07, 6.45) is 3.82. The molecule has 2 rings (SSSR count). The topological polar surface area (TPSA) is 17.8 Å². The van der Waals surface area contributed by atoms with E-state index in [4.69, 9.17) is 11.6 Å². The second kappa shape index (κ2) is 4.07. The number of nitrogens with zero attached hydrogens (tertiary/aromatic N) is 2. The van der Waals surface area contributed by atoms with Gasteiger partial charge in [-0.05, 0) is 38.1 Å². The van der Waals surface area contributed by atoms with Gasteiger partial charge in [0.25, 0.3) is 0 Å². The molecule has 0 unspecified atom stereocenters. The number of halogens is 1. The summed E-state index contributed by atoms with van der Waals surface area (Å²) < 4.78 is 2.14. The zero-order valence-electron chi connectivity index (χ0n) is 8.81. The molecule has 0 aliphatic carbocycles. The van der Waals surface area contributed by atoms with Crippen LogP contribution in [0, 0.1) is 0 Å². The first-order chi connectivity index (χ1) is 7.18. The Morgan fingerprint density at radius 3 is 2.47 bits per heavy atom. The van der Waals surface area contributed by atoms with Crippen molar-refractivity contribution < 1.29 is 0 Å². The molecule has 0 bridgehead atoms. The normalized spacial score (nSPS) is 10.9. The highest BCUT2D eigenvalue weighted by molar-refractivity contribution is 6.30. The molecule has 0 aliphatic heterocycles. The summed E-state index contributed by atoms with van der Waals surface area (Å²) in [5.41, 5.74) is 1.10. The largest absolute Gasteiger partial charge is 0.328 e. The molecule has 0 amide bonds. The minimum atomic E-state index is 0.415. The average Bonchev–Trinajstić information content (AvgIpc) is 2.67. The van der Waals surface area contributed by atoms with Gasteiger partial charge in [-0.25, -0.2) is 4.98 Å². The molecule has 0 aliphatic rings. The highest BCUT2D eigenvalue weighted by Crippen LogP contribution is 2.22. The van der Waals surface area contributed by atoms with Crippen molar-refractivity contribution in [2.75, 3.05) is 0 Å². The lowest BCUT2D eigenvalue weighted by Crippen LogP contribution is -2.01. The fourth-order valence-electron chi connectivity index (χ4n) is 1.55. The molecule has 0 spiro atoms. The zero-order valence-corrected chi connectivity index (χ0v) is 9.57. The third-order valence-electron chi connectivity index (χ3n) is 2.33. The first-order valence-corrected chi connectivity index (χ1v) is 5.35. The van der Waals surface area contributed by atoms with E-state index in [0.29, 0.717) is 6.04 Å². The Balaban J connectivity index is 2.45. The quantitative estimate of drug-likeness (QED) is 0.753. The van der Waals surface area contributed by atoms with E-state index >= 15 is 0 Å². The predicted octanol–water partition coefficient (Wildman–Crippen LogP) is 3.78. The van der Waals surface area contributed by atoms with Crippen LogP contribution in [0.15, 0.2) is 36.7 Å². The molecule has 0 atom stereocenters. The van der Waals surface area contributed by atoms with Crippen LogP contribution >= 0.6 is 11.6 Å². The summed E-state index contributed by atoms with van der Waals surface area (Å²) in [5, 5.41) is 0.751. The van der Waals surface area contributed by atoms with Gasteiger partial charge in [0, 0.05) is 29.0 Å². The maximum absolute atomic E-state index is 5.85. The highest BCUT2D eigenvalue weighted by Gasteiger charge is 2.07. The number of hydrogen-bond acceptors (Lipinski definition) is 1. The van der Waals surface area contributed by atoms with Crippen LogP contribution in [-0.2, 0) is 0 Å².